The van der Waals surface area contributed by atoms with Crippen LogP contribution in [0.25, 0.3) is 0 Å². The van der Waals surface area contributed by atoms with Gasteiger partial charge in [-0.25, -0.2) is 8.78 Å². The maximum Gasteiger partial charge on any atom is 0.273 e. The molecular formula is C15H11F2NO5. The second-order valence-electron chi connectivity index (χ2n) is 4.43. The fourth-order valence-corrected chi connectivity index (χ4v) is 1.83. The maximum atomic E-state index is 13.5. The van der Waals surface area contributed by atoms with Crippen molar-refractivity contribution in [3.05, 3.63) is 63.7 Å². The van der Waals surface area contributed by atoms with Crippen LogP contribution in [0.5, 0.6) is 11.5 Å². The maximum absolute atomic E-state index is 13.5. The molecule has 2 aromatic rings. The highest BCUT2D eigenvalue weighted by atomic mass is 19.1. The average Bonchev–Trinajstić information content (AvgIpc) is 2.52. The van der Waals surface area contributed by atoms with E-state index in [1.807, 2.05) is 0 Å². The van der Waals surface area contributed by atoms with Crippen LogP contribution in [0.15, 0.2) is 36.4 Å². The molecular weight excluding hydrogens is 312 g/mol. The first kappa shape index (κ1) is 16.3. The predicted octanol–water partition coefficient (Wildman–Crippen LogP) is 3.14. The highest BCUT2D eigenvalue weighted by Gasteiger charge is 2.16. The van der Waals surface area contributed by atoms with Gasteiger partial charge in [0.2, 0.25) is 5.78 Å². The number of hydrogen-bond acceptors (Lipinski definition) is 5. The molecule has 0 unspecified atom stereocenters. The van der Waals surface area contributed by atoms with Crippen molar-refractivity contribution in [1.82, 2.24) is 0 Å². The summed E-state index contributed by atoms with van der Waals surface area (Å²) >= 11 is 0. The number of rotatable bonds is 6. The quantitative estimate of drug-likeness (QED) is 0.463. The summed E-state index contributed by atoms with van der Waals surface area (Å²) in [6, 6.07) is 6.16. The van der Waals surface area contributed by atoms with E-state index in [0.29, 0.717) is 6.07 Å². The third-order valence-electron chi connectivity index (χ3n) is 2.95. The first-order valence-electron chi connectivity index (χ1n) is 6.36. The summed E-state index contributed by atoms with van der Waals surface area (Å²) in [6.45, 7) is -0.531. The average molecular weight is 323 g/mol. The lowest BCUT2D eigenvalue weighted by atomic mass is 10.1. The van der Waals surface area contributed by atoms with E-state index in [2.05, 4.69) is 0 Å². The number of carbonyl (C=O) groups is 1. The van der Waals surface area contributed by atoms with E-state index in [0.717, 1.165) is 18.2 Å². The van der Waals surface area contributed by atoms with Gasteiger partial charge in [0.1, 0.15) is 11.6 Å². The minimum absolute atomic E-state index is 0.0616. The molecule has 0 bridgehead atoms. The molecule has 0 N–H and O–H groups in total. The molecule has 0 amide bonds. The first-order chi connectivity index (χ1) is 10.9. The predicted molar refractivity (Wildman–Crippen MR) is 75.8 cm³/mol. The summed E-state index contributed by atoms with van der Waals surface area (Å²) in [5.74, 6) is -2.34. The zero-order chi connectivity index (χ0) is 17.0. The van der Waals surface area contributed by atoms with Crippen LogP contribution in [-0.4, -0.2) is 24.4 Å². The molecule has 0 spiro atoms. The Morgan fingerprint density at radius 1 is 1.17 bits per heavy atom. The summed E-state index contributed by atoms with van der Waals surface area (Å²) < 4.78 is 36.5. The molecule has 8 heteroatoms. The van der Waals surface area contributed by atoms with Gasteiger partial charge in [-0.15, -0.1) is 0 Å². The lowest BCUT2D eigenvalue weighted by molar-refractivity contribution is -0.384. The smallest absolute Gasteiger partial charge is 0.273 e. The lowest BCUT2D eigenvalue weighted by Gasteiger charge is -2.10. The molecule has 0 saturated heterocycles. The van der Waals surface area contributed by atoms with Crippen molar-refractivity contribution in [2.75, 3.05) is 13.7 Å². The van der Waals surface area contributed by atoms with Gasteiger partial charge >= 0.3 is 0 Å². The van der Waals surface area contributed by atoms with E-state index in [9.17, 15) is 23.7 Å². The molecule has 0 radical (unpaired) electrons. The van der Waals surface area contributed by atoms with Crippen molar-refractivity contribution < 1.29 is 28.0 Å². The summed E-state index contributed by atoms with van der Waals surface area (Å²) in [4.78, 5) is 22.0. The number of nitro benzene ring substituents is 1. The Hall–Kier alpha value is -3.03. The number of halogens is 2. The Bertz CT molecular complexity index is 764. The second kappa shape index (κ2) is 6.82. The topological polar surface area (TPSA) is 78.7 Å². The summed E-state index contributed by atoms with van der Waals surface area (Å²) in [5.41, 5.74) is -0.516. The van der Waals surface area contributed by atoms with Crippen LogP contribution in [0.4, 0.5) is 14.5 Å². The Balaban J connectivity index is 2.14. The number of methoxy groups -OCH3 is 1. The van der Waals surface area contributed by atoms with Gasteiger partial charge in [0.05, 0.1) is 23.7 Å². The van der Waals surface area contributed by atoms with Gasteiger partial charge in [-0.05, 0) is 18.2 Å². The summed E-state index contributed by atoms with van der Waals surface area (Å²) in [5, 5.41) is 10.7. The van der Waals surface area contributed by atoms with E-state index in [4.69, 9.17) is 9.47 Å². The number of Topliss-reactive ketones (excluding diaryl/α,β-unsaturated/α-hetero) is 1. The molecule has 0 aliphatic rings. The van der Waals surface area contributed by atoms with Gasteiger partial charge < -0.3 is 9.47 Å². The molecule has 120 valence electrons. The molecule has 0 aliphatic heterocycles. The molecule has 6 nitrogen and oxygen atoms in total. The highest BCUT2D eigenvalue weighted by molar-refractivity contribution is 5.97. The molecule has 23 heavy (non-hydrogen) atoms. The van der Waals surface area contributed by atoms with Crippen molar-refractivity contribution in [1.29, 1.82) is 0 Å². The molecule has 0 fully saturated rings. The molecule has 0 atom stereocenters. The van der Waals surface area contributed by atoms with E-state index < -0.39 is 28.9 Å². The lowest BCUT2D eigenvalue weighted by Crippen LogP contribution is -2.13. The molecule has 0 aromatic heterocycles. The standard InChI is InChI=1S/C15H11F2NO5/c1-22-15-7-10(18(20)21)3-5-14(15)23-8-13(19)11-4-2-9(16)6-12(11)17/h2-7H,8H2,1H3. The molecule has 0 aliphatic carbocycles. The summed E-state index contributed by atoms with van der Waals surface area (Å²) in [7, 11) is 1.29. The highest BCUT2D eigenvalue weighted by Crippen LogP contribution is 2.31. The van der Waals surface area contributed by atoms with Crippen LogP contribution in [0.3, 0.4) is 0 Å². The SMILES string of the molecule is COc1cc([N+](=O)[O-])ccc1OCC(=O)c1ccc(F)cc1F. The molecule has 2 aromatic carbocycles. The number of nitrogens with zero attached hydrogens (tertiary/aromatic N) is 1. The Kier molecular flexibility index (Phi) is 4.85. The van der Waals surface area contributed by atoms with Crippen LogP contribution in [0, 0.1) is 21.7 Å². The number of hydrogen-bond donors (Lipinski definition) is 0. The van der Waals surface area contributed by atoms with Gasteiger partial charge in [0.25, 0.3) is 5.69 Å². The number of ketones is 1. The number of non-ortho nitro benzene ring substituents is 1. The van der Waals surface area contributed by atoms with Gasteiger partial charge in [-0.3, -0.25) is 14.9 Å². The van der Waals surface area contributed by atoms with E-state index in [1.165, 1.54) is 19.2 Å². The minimum atomic E-state index is -0.991. The Morgan fingerprint density at radius 3 is 2.52 bits per heavy atom. The van der Waals surface area contributed by atoms with E-state index in [1.54, 1.807) is 0 Å². The van der Waals surface area contributed by atoms with Crippen molar-refractivity contribution in [2.45, 2.75) is 0 Å². The van der Waals surface area contributed by atoms with E-state index in [-0.39, 0.29) is 22.7 Å². The third-order valence-corrected chi connectivity index (χ3v) is 2.95. The van der Waals surface area contributed by atoms with E-state index >= 15 is 0 Å². The normalized spacial score (nSPS) is 10.2. The second-order valence-corrected chi connectivity index (χ2v) is 4.43. The number of carbonyl (C=O) groups excluding carboxylic acids is 1. The fraction of sp³-hybridized carbons (Fsp3) is 0.133. The van der Waals surface area contributed by atoms with Crippen molar-refractivity contribution in [3.63, 3.8) is 0 Å². The van der Waals surface area contributed by atoms with Gasteiger partial charge in [-0.1, -0.05) is 0 Å². The Morgan fingerprint density at radius 2 is 1.91 bits per heavy atom. The fourth-order valence-electron chi connectivity index (χ4n) is 1.83. The van der Waals surface area contributed by atoms with Crippen molar-refractivity contribution in [2.24, 2.45) is 0 Å². The molecule has 2 rings (SSSR count). The van der Waals surface area contributed by atoms with Gasteiger partial charge in [0, 0.05) is 12.1 Å². The zero-order valence-corrected chi connectivity index (χ0v) is 11.9. The third kappa shape index (κ3) is 3.79. The Labute approximate surface area is 129 Å². The zero-order valence-electron chi connectivity index (χ0n) is 11.9. The van der Waals surface area contributed by atoms with Crippen molar-refractivity contribution in [3.8, 4) is 11.5 Å². The largest absolute Gasteiger partial charge is 0.493 e. The summed E-state index contributed by atoms with van der Waals surface area (Å²) in [6.07, 6.45) is 0. The first-order valence-corrected chi connectivity index (χ1v) is 6.36. The van der Waals surface area contributed by atoms with Crippen LogP contribution >= 0.6 is 0 Å². The number of nitro groups is 1. The van der Waals surface area contributed by atoms with Crippen LogP contribution in [0.2, 0.25) is 0 Å². The van der Waals surface area contributed by atoms with Crippen LogP contribution in [0.1, 0.15) is 10.4 Å². The van der Waals surface area contributed by atoms with Gasteiger partial charge in [0.15, 0.2) is 18.1 Å². The van der Waals surface area contributed by atoms with Crippen molar-refractivity contribution >= 4 is 11.5 Å². The number of ether oxygens (including phenoxy) is 2. The van der Waals surface area contributed by atoms with Gasteiger partial charge in [-0.2, -0.15) is 0 Å². The number of benzene rings is 2. The van der Waals surface area contributed by atoms with Crippen LogP contribution in [-0.2, 0) is 0 Å². The molecule has 0 heterocycles. The molecule has 0 saturated carbocycles. The monoisotopic (exact) mass is 323 g/mol. The van der Waals surface area contributed by atoms with Crippen LogP contribution < -0.4 is 9.47 Å². The minimum Gasteiger partial charge on any atom is -0.493 e.